The Morgan fingerprint density at radius 3 is 2.73 bits per heavy atom. The number of urea groups is 1. The largest absolute Gasteiger partial charge is 0.325 e. The van der Waals surface area contributed by atoms with Crippen molar-refractivity contribution in [3.05, 3.63) is 29.8 Å². The van der Waals surface area contributed by atoms with Crippen LogP contribution in [0.2, 0.25) is 0 Å². The Balaban J connectivity index is 1.72. The smallest absolute Gasteiger partial charge is 0.324 e. The monoisotopic (exact) mass is 357 g/mol. The number of imide groups is 1. The van der Waals surface area contributed by atoms with Crippen LogP contribution in [0.5, 0.6) is 0 Å². The lowest BCUT2D eigenvalue weighted by Gasteiger charge is -2.36. The first-order valence-corrected chi connectivity index (χ1v) is 9.38. The molecule has 1 aliphatic heterocycles. The summed E-state index contributed by atoms with van der Waals surface area (Å²) in [4.78, 5) is 38.9. The minimum absolute atomic E-state index is 0.0856. The van der Waals surface area contributed by atoms with Gasteiger partial charge < -0.3 is 10.6 Å². The zero-order valence-electron chi connectivity index (χ0n) is 15.7. The number of nitrogens with zero attached hydrogens (tertiary/aromatic N) is 1. The molecule has 0 bridgehead atoms. The molecule has 1 saturated carbocycles. The van der Waals surface area contributed by atoms with Crippen LogP contribution in [-0.2, 0) is 9.59 Å². The number of hydrogen-bond donors (Lipinski definition) is 2. The summed E-state index contributed by atoms with van der Waals surface area (Å²) in [5, 5.41) is 5.72. The lowest BCUT2D eigenvalue weighted by atomic mass is 9.73. The molecular formula is C20H27N3O3. The van der Waals surface area contributed by atoms with Crippen molar-refractivity contribution >= 4 is 23.5 Å². The quantitative estimate of drug-likeness (QED) is 0.812. The van der Waals surface area contributed by atoms with Crippen molar-refractivity contribution in [2.75, 3.05) is 11.9 Å². The minimum Gasteiger partial charge on any atom is -0.324 e. The van der Waals surface area contributed by atoms with Crippen molar-refractivity contribution < 1.29 is 14.4 Å². The molecule has 2 aliphatic rings. The predicted octanol–water partition coefficient (Wildman–Crippen LogP) is 3.25. The summed E-state index contributed by atoms with van der Waals surface area (Å²) >= 11 is 0. The fourth-order valence-corrected chi connectivity index (χ4v) is 4.09. The van der Waals surface area contributed by atoms with Gasteiger partial charge in [-0.2, -0.15) is 0 Å². The third-order valence-corrected chi connectivity index (χ3v) is 5.66. The van der Waals surface area contributed by atoms with Crippen LogP contribution in [0.1, 0.15) is 57.9 Å². The summed E-state index contributed by atoms with van der Waals surface area (Å²) in [7, 11) is 0. The Hall–Kier alpha value is -2.37. The summed E-state index contributed by atoms with van der Waals surface area (Å²) in [6.45, 7) is 5.85. The number of nitrogens with one attached hydrogen (secondary N) is 2. The van der Waals surface area contributed by atoms with Crippen molar-refractivity contribution in [1.82, 2.24) is 10.2 Å². The van der Waals surface area contributed by atoms with Crippen LogP contribution in [0.3, 0.4) is 0 Å². The Kier molecular flexibility index (Phi) is 5.03. The Labute approximate surface area is 154 Å². The van der Waals surface area contributed by atoms with Gasteiger partial charge in [0.1, 0.15) is 12.1 Å². The highest BCUT2D eigenvalue weighted by Gasteiger charge is 2.55. The van der Waals surface area contributed by atoms with E-state index in [0.29, 0.717) is 6.42 Å². The number of rotatable bonds is 4. The zero-order valence-corrected chi connectivity index (χ0v) is 15.7. The Morgan fingerprint density at radius 1 is 1.31 bits per heavy atom. The maximum absolute atomic E-state index is 12.9. The van der Waals surface area contributed by atoms with Crippen LogP contribution in [0.15, 0.2) is 24.3 Å². The number of hydrogen-bond acceptors (Lipinski definition) is 3. The van der Waals surface area contributed by atoms with Crippen molar-refractivity contribution in [3.63, 3.8) is 0 Å². The second kappa shape index (κ2) is 7.09. The van der Waals surface area contributed by atoms with E-state index in [0.717, 1.165) is 35.4 Å². The maximum atomic E-state index is 12.9. The second-order valence-electron chi connectivity index (χ2n) is 7.73. The lowest BCUT2D eigenvalue weighted by Crippen LogP contribution is -2.54. The highest BCUT2D eigenvalue weighted by molar-refractivity contribution is 6.10. The summed E-state index contributed by atoms with van der Waals surface area (Å²) in [5.41, 5.74) is 0.918. The summed E-state index contributed by atoms with van der Waals surface area (Å²) in [6, 6.07) is 7.12. The zero-order chi connectivity index (χ0) is 18.9. The van der Waals surface area contributed by atoms with Gasteiger partial charge in [0.2, 0.25) is 5.91 Å². The number of para-hydroxylation sites is 1. The van der Waals surface area contributed by atoms with Crippen molar-refractivity contribution in [1.29, 1.82) is 0 Å². The molecule has 0 unspecified atom stereocenters. The van der Waals surface area contributed by atoms with Crippen molar-refractivity contribution in [2.24, 2.45) is 5.92 Å². The Morgan fingerprint density at radius 2 is 2.04 bits per heavy atom. The molecule has 1 heterocycles. The van der Waals surface area contributed by atoms with E-state index in [2.05, 4.69) is 24.5 Å². The molecule has 2 N–H and O–H groups in total. The fourth-order valence-electron chi connectivity index (χ4n) is 4.09. The van der Waals surface area contributed by atoms with E-state index >= 15 is 0 Å². The van der Waals surface area contributed by atoms with Gasteiger partial charge in [0.25, 0.3) is 5.91 Å². The van der Waals surface area contributed by atoms with Gasteiger partial charge in [-0.1, -0.05) is 51.8 Å². The average Bonchev–Trinajstić information content (AvgIpc) is 2.83. The van der Waals surface area contributed by atoms with Gasteiger partial charge in [0, 0.05) is 5.69 Å². The third kappa shape index (κ3) is 3.20. The van der Waals surface area contributed by atoms with Crippen LogP contribution in [-0.4, -0.2) is 34.8 Å². The summed E-state index contributed by atoms with van der Waals surface area (Å²) in [6.07, 6.45) is 3.54. The minimum atomic E-state index is -0.828. The molecule has 1 aromatic carbocycles. The first-order chi connectivity index (χ1) is 12.3. The molecule has 0 radical (unpaired) electrons. The van der Waals surface area contributed by atoms with Gasteiger partial charge in [-0.15, -0.1) is 0 Å². The molecule has 4 amide bonds. The highest BCUT2D eigenvalue weighted by Crippen LogP contribution is 2.38. The van der Waals surface area contributed by atoms with Crippen LogP contribution in [0.25, 0.3) is 0 Å². The van der Waals surface area contributed by atoms with E-state index in [1.54, 1.807) is 0 Å². The molecule has 26 heavy (non-hydrogen) atoms. The first-order valence-electron chi connectivity index (χ1n) is 9.38. The molecule has 6 nitrogen and oxygen atoms in total. The number of carbonyl (C=O) groups is 3. The number of amides is 4. The summed E-state index contributed by atoms with van der Waals surface area (Å²) in [5.74, 6) is -0.277. The summed E-state index contributed by atoms with van der Waals surface area (Å²) < 4.78 is 0. The predicted molar refractivity (Wildman–Crippen MR) is 99.8 cm³/mol. The van der Waals surface area contributed by atoms with Crippen molar-refractivity contribution in [2.45, 2.75) is 57.9 Å². The normalized spacial score (nSPS) is 25.7. The lowest BCUT2D eigenvalue weighted by molar-refractivity contribution is -0.136. The Bertz CT molecular complexity index is 731. The van der Waals surface area contributed by atoms with Gasteiger partial charge in [-0.25, -0.2) is 4.79 Å². The topological polar surface area (TPSA) is 78.5 Å². The van der Waals surface area contributed by atoms with Gasteiger partial charge in [-0.05, 0) is 36.3 Å². The average molecular weight is 357 g/mol. The molecule has 0 aromatic heterocycles. The molecule has 1 aliphatic carbocycles. The van der Waals surface area contributed by atoms with E-state index < -0.39 is 11.6 Å². The molecule has 2 fully saturated rings. The van der Waals surface area contributed by atoms with E-state index in [-0.39, 0.29) is 30.2 Å². The van der Waals surface area contributed by atoms with Crippen LogP contribution >= 0.6 is 0 Å². The molecule has 1 saturated heterocycles. The molecule has 6 heteroatoms. The van der Waals surface area contributed by atoms with Gasteiger partial charge in [0.05, 0.1) is 0 Å². The van der Waals surface area contributed by atoms with E-state index in [9.17, 15) is 14.4 Å². The van der Waals surface area contributed by atoms with Gasteiger partial charge in [0.15, 0.2) is 0 Å². The van der Waals surface area contributed by atoms with Crippen LogP contribution in [0.4, 0.5) is 10.5 Å². The SMILES string of the molecule is CC(C)c1ccccc1NC(=O)CN1C(=O)N[C@@]2(CCCC[C@@H]2C)C1=O. The first kappa shape index (κ1) is 18.4. The second-order valence-corrected chi connectivity index (χ2v) is 7.73. The number of carbonyl (C=O) groups excluding carboxylic acids is 3. The van der Waals surface area contributed by atoms with Crippen molar-refractivity contribution in [3.8, 4) is 0 Å². The van der Waals surface area contributed by atoms with Crippen LogP contribution in [0, 0.1) is 5.92 Å². The standard InChI is InChI=1S/C20H27N3O3/c1-13(2)15-9-4-5-10-16(15)21-17(24)12-23-18(25)20(22-19(23)26)11-7-6-8-14(20)3/h4-5,9-10,13-14H,6-8,11-12H2,1-3H3,(H,21,24)(H,22,26)/t14-,20+/m0/s1. The molecule has 140 valence electrons. The molecular weight excluding hydrogens is 330 g/mol. The van der Waals surface area contributed by atoms with E-state index in [1.807, 2.05) is 31.2 Å². The van der Waals surface area contributed by atoms with E-state index in [4.69, 9.17) is 0 Å². The fraction of sp³-hybridized carbons (Fsp3) is 0.550. The highest BCUT2D eigenvalue weighted by atomic mass is 16.2. The molecule has 2 atom stereocenters. The molecule has 1 aromatic rings. The van der Waals surface area contributed by atoms with E-state index in [1.165, 1.54) is 0 Å². The van der Waals surface area contributed by atoms with Gasteiger partial charge >= 0.3 is 6.03 Å². The van der Waals surface area contributed by atoms with Crippen LogP contribution < -0.4 is 10.6 Å². The molecule has 1 spiro atoms. The third-order valence-electron chi connectivity index (χ3n) is 5.66. The number of benzene rings is 1. The molecule has 3 rings (SSSR count). The van der Waals surface area contributed by atoms with Gasteiger partial charge in [-0.3, -0.25) is 14.5 Å². The maximum Gasteiger partial charge on any atom is 0.325 e. The number of anilines is 1.